The molecule has 1 fully saturated rings. The highest BCUT2D eigenvalue weighted by molar-refractivity contribution is 5.57. The van der Waals surface area contributed by atoms with E-state index in [1.165, 1.54) is 43.4 Å². The molecule has 0 unspecified atom stereocenters. The van der Waals surface area contributed by atoms with E-state index in [4.69, 9.17) is 10.5 Å². The monoisotopic (exact) mass is 276 g/mol. The van der Waals surface area contributed by atoms with Gasteiger partial charge in [-0.3, -0.25) is 0 Å². The molecule has 3 heteroatoms. The Kier molecular flexibility index (Phi) is 5.30. The molecule has 1 aromatic rings. The predicted octanol–water partition coefficient (Wildman–Crippen LogP) is 3.56. The minimum Gasteiger partial charge on any atom is -0.497 e. The van der Waals surface area contributed by atoms with Crippen LogP contribution in [0.15, 0.2) is 18.2 Å². The minimum atomic E-state index is 0.577. The Hall–Kier alpha value is -1.22. The molecule has 1 aliphatic carbocycles. The Bertz CT molecular complexity index is 425. The van der Waals surface area contributed by atoms with Crippen molar-refractivity contribution < 1.29 is 4.74 Å². The first-order valence-corrected chi connectivity index (χ1v) is 7.79. The number of nitrogens with two attached hydrogens (primary N) is 1. The van der Waals surface area contributed by atoms with Crippen LogP contribution in [0.25, 0.3) is 0 Å². The van der Waals surface area contributed by atoms with Crippen LogP contribution in [0.3, 0.4) is 0 Å². The normalized spacial score (nSPS) is 22.6. The Balaban J connectivity index is 2.13. The van der Waals surface area contributed by atoms with Gasteiger partial charge in [0.15, 0.2) is 0 Å². The van der Waals surface area contributed by atoms with Gasteiger partial charge in [0, 0.05) is 31.4 Å². The van der Waals surface area contributed by atoms with Crippen LogP contribution in [0.2, 0.25) is 0 Å². The SMILES string of the molecule is CCC1CCC(N(C)c2cc(OC)ccc2CN)CC1. The van der Waals surface area contributed by atoms with Gasteiger partial charge in [-0.25, -0.2) is 0 Å². The molecule has 112 valence electrons. The van der Waals surface area contributed by atoms with E-state index in [2.05, 4.69) is 31.0 Å². The van der Waals surface area contributed by atoms with Crippen molar-refractivity contribution in [3.05, 3.63) is 23.8 Å². The topological polar surface area (TPSA) is 38.5 Å². The van der Waals surface area contributed by atoms with Crippen LogP contribution in [-0.4, -0.2) is 20.2 Å². The second kappa shape index (κ2) is 6.98. The van der Waals surface area contributed by atoms with Crippen LogP contribution in [0.4, 0.5) is 5.69 Å². The van der Waals surface area contributed by atoms with Gasteiger partial charge >= 0.3 is 0 Å². The molecule has 2 rings (SSSR count). The number of anilines is 1. The van der Waals surface area contributed by atoms with Crippen LogP contribution in [0.1, 0.15) is 44.6 Å². The molecule has 0 aromatic heterocycles. The Morgan fingerprint density at radius 2 is 1.95 bits per heavy atom. The summed E-state index contributed by atoms with van der Waals surface area (Å²) < 4.78 is 5.36. The number of rotatable bonds is 5. The zero-order valence-electron chi connectivity index (χ0n) is 13.1. The average molecular weight is 276 g/mol. The zero-order valence-corrected chi connectivity index (χ0v) is 13.1. The second-order valence-electron chi connectivity index (χ2n) is 5.89. The number of benzene rings is 1. The molecule has 1 aliphatic rings. The predicted molar refractivity (Wildman–Crippen MR) is 85.3 cm³/mol. The van der Waals surface area contributed by atoms with Crippen molar-refractivity contribution in [2.75, 3.05) is 19.1 Å². The van der Waals surface area contributed by atoms with E-state index in [0.717, 1.165) is 11.7 Å². The average Bonchev–Trinajstić information content (AvgIpc) is 2.53. The van der Waals surface area contributed by atoms with E-state index in [1.807, 2.05) is 6.07 Å². The molecule has 0 bridgehead atoms. The van der Waals surface area contributed by atoms with Crippen LogP contribution in [0.5, 0.6) is 5.75 Å². The second-order valence-corrected chi connectivity index (χ2v) is 5.89. The highest BCUT2D eigenvalue weighted by Gasteiger charge is 2.24. The zero-order chi connectivity index (χ0) is 14.5. The quantitative estimate of drug-likeness (QED) is 0.893. The number of hydrogen-bond donors (Lipinski definition) is 1. The first-order chi connectivity index (χ1) is 9.69. The molecule has 1 saturated carbocycles. The standard InChI is InChI=1S/C17H28N2O/c1-4-13-5-8-15(9-6-13)19(2)17-11-16(20-3)10-7-14(17)12-18/h7,10-11,13,15H,4-6,8-9,12,18H2,1-3H3. The van der Waals surface area contributed by atoms with Gasteiger partial charge in [-0.2, -0.15) is 0 Å². The van der Waals surface area contributed by atoms with Crippen molar-refractivity contribution in [3.8, 4) is 5.75 Å². The molecule has 0 aliphatic heterocycles. The van der Waals surface area contributed by atoms with Gasteiger partial charge < -0.3 is 15.4 Å². The molecule has 2 N–H and O–H groups in total. The van der Waals surface area contributed by atoms with Crippen molar-refractivity contribution in [1.29, 1.82) is 0 Å². The molecule has 0 spiro atoms. The summed E-state index contributed by atoms with van der Waals surface area (Å²) in [6.07, 6.45) is 6.61. The summed E-state index contributed by atoms with van der Waals surface area (Å²) in [5.74, 6) is 1.84. The molecule has 0 radical (unpaired) electrons. The first kappa shape index (κ1) is 15.2. The summed E-state index contributed by atoms with van der Waals surface area (Å²) in [6, 6.07) is 6.83. The van der Waals surface area contributed by atoms with Gasteiger partial charge in [0.05, 0.1) is 7.11 Å². The van der Waals surface area contributed by atoms with E-state index in [-0.39, 0.29) is 0 Å². The molecular weight excluding hydrogens is 248 g/mol. The van der Waals surface area contributed by atoms with Gasteiger partial charge in [-0.05, 0) is 43.2 Å². The highest BCUT2D eigenvalue weighted by Crippen LogP contribution is 2.33. The third-order valence-corrected chi connectivity index (χ3v) is 4.83. The molecular formula is C17H28N2O. The van der Waals surface area contributed by atoms with Gasteiger partial charge in [-0.1, -0.05) is 19.4 Å². The van der Waals surface area contributed by atoms with E-state index in [9.17, 15) is 0 Å². The summed E-state index contributed by atoms with van der Waals surface area (Å²) in [4.78, 5) is 2.41. The fraction of sp³-hybridized carbons (Fsp3) is 0.647. The Labute approximate surface area is 123 Å². The maximum atomic E-state index is 5.89. The summed E-state index contributed by atoms with van der Waals surface area (Å²) in [6.45, 7) is 2.89. The maximum Gasteiger partial charge on any atom is 0.120 e. The molecule has 1 aromatic carbocycles. The van der Waals surface area contributed by atoms with Crippen LogP contribution in [-0.2, 0) is 6.54 Å². The number of hydrogen-bond acceptors (Lipinski definition) is 3. The smallest absolute Gasteiger partial charge is 0.120 e. The van der Waals surface area contributed by atoms with Crippen molar-refractivity contribution in [2.45, 2.75) is 51.6 Å². The summed E-state index contributed by atoms with van der Waals surface area (Å²) in [5, 5.41) is 0. The summed E-state index contributed by atoms with van der Waals surface area (Å²) in [5.41, 5.74) is 8.31. The van der Waals surface area contributed by atoms with Crippen LogP contribution < -0.4 is 15.4 Å². The van der Waals surface area contributed by atoms with E-state index >= 15 is 0 Å². The summed E-state index contributed by atoms with van der Waals surface area (Å²) >= 11 is 0. The lowest BCUT2D eigenvalue weighted by Gasteiger charge is -2.36. The molecule has 0 amide bonds. The number of ether oxygens (including phenoxy) is 1. The third-order valence-electron chi connectivity index (χ3n) is 4.83. The van der Waals surface area contributed by atoms with E-state index < -0.39 is 0 Å². The number of nitrogens with zero attached hydrogens (tertiary/aromatic N) is 1. The van der Waals surface area contributed by atoms with Crippen molar-refractivity contribution in [2.24, 2.45) is 11.7 Å². The first-order valence-electron chi connectivity index (χ1n) is 7.79. The van der Waals surface area contributed by atoms with Crippen molar-refractivity contribution in [3.63, 3.8) is 0 Å². The lowest BCUT2D eigenvalue weighted by Crippen LogP contribution is -2.35. The molecule has 20 heavy (non-hydrogen) atoms. The fourth-order valence-corrected chi connectivity index (χ4v) is 3.31. The number of methoxy groups -OCH3 is 1. The van der Waals surface area contributed by atoms with Crippen molar-refractivity contribution >= 4 is 5.69 Å². The molecule has 0 atom stereocenters. The fourth-order valence-electron chi connectivity index (χ4n) is 3.31. The highest BCUT2D eigenvalue weighted by atomic mass is 16.5. The maximum absolute atomic E-state index is 5.89. The minimum absolute atomic E-state index is 0.577. The lowest BCUT2D eigenvalue weighted by molar-refractivity contribution is 0.313. The van der Waals surface area contributed by atoms with E-state index in [1.54, 1.807) is 7.11 Å². The van der Waals surface area contributed by atoms with Gasteiger partial charge in [0.1, 0.15) is 5.75 Å². The third kappa shape index (κ3) is 3.26. The van der Waals surface area contributed by atoms with Crippen LogP contribution >= 0.6 is 0 Å². The lowest BCUT2D eigenvalue weighted by atomic mass is 9.84. The molecule has 0 heterocycles. The van der Waals surface area contributed by atoms with Crippen LogP contribution in [0, 0.1) is 5.92 Å². The molecule has 3 nitrogen and oxygen atoms in total. The van der Waals surface area contributed by atoms with Gasteiger partial charge in [-0.15, -0.1) is 0 Å². The Morgan fingerprint density at radius 1 is 1.25 bits per heavy atom. The van der Waals surface area contributed by atoms with Crippen molar-refractivity contribution in [1.82, 2.24) is 0 Å². The summed E-state index contributed by atoms with van der Waals surface area (Å²) in [7, 11) is 3.92. The van der Waals surface area contributed by atoms with Gasteiger partial charge in [0.25, 0.3) is 0 Å². The van der Waals surface area contributed by atoms with E-state index in [0.29, 0.717) is 12.6 Å². The largest absolute Gasteiger partial charge is 0.497 e. The van der Waals surface area contributed by atoms with Gasteiger partial charge in [0.2, 0.25) is 0 Å². The molecule has 0 saturated heterocycles. The Morgan fingerprint density at radius 3 is 2.50 bits per heavy atom.